The van der Waals surface area contributed by atoms with Gasteiger partial charge in [0.15, 0.2) is 0 Å². The average Bonchev–Trinajstić information content (AvgIpc) is 2.96. The quantitative estimate of drug-likeness (QED) is 0.776. The molecule has 1 atom stereocenters. The van der Waals surface area contributed by atoms with Crippen molar-refractivity contribution < 1.29 is 18.0 Å². The molecule has 3 rings (SSSR count). The van der Waals surface area contributed by atoms with Crippen LogP contribution in [0.25, 0.3) is 0 Å². The second kappa shape index (κ2) is 6.52. The Labute approximate surface area is 141 Å². The number of benzene rings is 1. The first-order valence-electron chi connectivity index (χ1n) is 7.95. The highest BCUT2D eigenvalue weighted by Gasteiger charge is 2.38. The minimum absolute atomic E-state index is 0.0469. The van der Waals surface area contributed by atoms with Crippen molar-refractivity contribution in [1.82, 2.24) is 9.21 Å². The number of piperazine rings is 1. The van der Waals surface area contributed by atoms with Gasteiger partial charge in [-0.25, -0.2) is 8.42 Å². The van der Waals surface area contributed by atoms with E-state index in [1.54, 1.807) is 9.80 Å². The largest absolute Gasteiger partial charge is 0.340 e. The number of hydrogen-bond donors (Lipinski definition) is 0. The van der Waals surface area contributed by atoms with E-state index in [4.69, 9.17) is 0 Å². The van der Waals surface area contributed by atoms with Crippen LogP contribution in [0.2, 0.25) is 0 Å². The highest BCUT2D eigenvalue weighted by atomic mass is 32.2. The van der Waals surface area contributed by atoms with Gasteiger partial charge in [-0.05, 0) is 12.1 Å². The van der Waals surface area contributed by atoms with E-state index in [1.807, 2.05) is 30.3 Å². The van der Waals surface area contributed by atoms with Gasteiger partial charge in [0, 0.05) is 44.8 Å². The van der Waals surface area contributed by atoms with Crippen molar-refractivity contribution in [3.63, 3.8) is 0 Å². The first-order chi connectivity index (χ1) is 11.4. The summed E-state index contributed by atoms with van der Waals surface area (Å²) in [6.07, 6.45) is 1.39. The first kappa shape index (κ1) is 16.9. The van der Waals surface area contributed by atoms with Gasteiger partial charge in [0.25, 0.3) is 0 Å². The molecule has 8 heteroatoms. The minimum atomic E-state index is -3.21. The maximum absolute atomic E-state index is 12.7. The van der Waals surface area contributed by atoms with Crippen LogP contribution in [-0.2, 0) is 19.6 Å². The molecule has 0 N–H and O–H groups in total. The van der Waals surface area contributed by atoms with Gasteiger partial charge in [-0.3, -0.25) is 9.59 Å². The molecule has 0 aliphatic carbocycles. The second-order valence-corrected chi connectivity index (χ2v) is 8.21. The van der Waals surface area contributed by atoms with Crippen molar-refractivity contribution in [1.29, 1.82) is 0 Å². The van der Waals surface area contributed by atoms with Gasteiger partial charge >= 0.3 is 0 Å². The number of carbonyl (C=O) groups is 2. The summed E-state index contributed by atoms with van der Waals surface area (Å²) in [6.45, 7) is 1.76. The summed E-state index contributed by atoms with van der Waals surface area (Å²) >= 11 is 0. The molecular weight excluding hydrogens is 330 g/mol. The van der Waals surface area contributed by atoms with E-state index < -0.39 is 10.0 Å². The van der Waals surface area contributed by atoms with Crippen molar-refractivity contribution in [2.75, 3.05) is 43.9 Å². The van der Waals surface area contributed by atoms with E-state index >= 15 is 0 Å². The lowest BCUT2D eigenvalue weighted by Gasteiger charge is -2.34. The number of sulfonamides is 1. The molecule has 0 bridgehead atoms. The molecule has 7 nitrogen and oxygen atoms in total. The zero-order valence-electron chi connectivity index (χ0n) is 13.6. The molecule has 1 aromatic rings. The zero-order chi connectivity index (χ0) is 17.3. The number of para-hydroxylation sites is 1. The Morgan fingerprint density at radius 2 is 1.71 bits per heavy atom. The van der Waals surface area contributed by atoms with Crippen molar-refractivity contribution >= 4 is 27.5 Å². The summed E-state index contributed by atoms with van der Waals surface area (Å²) in [5.41, 5.74) is 0.805. The number of rotatable bonds is 3. The molecule has 2 saturated heterocycles. The van der Waals surface area contributed by atoms with Crippen LogP contribution in [0.15, 0.2) is 30.3 Å². The van der Waals surface area contributed by atoms with Gasteiger partial charge in [0.05, 0.1) is 12.2 Å². The zero-order valence-corrected chi connectivity index (χ0v) is 14.4. The van der Waals surface area contributed by atoms with Crippen LogP contribution < -0.4 is 4.90 Å². The molecule has 2 fully saturated rings. The molecular formula is C16H21N3O4S. The number of nitrogens with zero attached hydrogens (tertiary/aromatic N) is 3. The third-order valence-electron chi connectivity index (χ3n) is 4.56. The Morgan fingerprint density at radius 1 is 1.08 bits per heavy atom. The van der Waals surface area contributed by atoms with E-state index in [0.29, 0.717) is 32.7 Å². The van der Waals surface area contributed by atoms with Crippen LogP contribution in [0.4, 0.5) is 5.69 Å². The Kier molecular flexibility index (Phi) is 4.60. The molecule has 1 aromatic carbocycles. The van der Waals surface area contributed by atoms with Gasteiger partial charge in [0.1, 0.15) is 0 Å². The summed E-state index contributed by atoms with van der Waals surface area (Å²) < 4.78 is 24.4. The van der Waals surface area contributed by atoms with Gasteiger partial charge in [-0.2, -0.15) is 4.31 Å². The predicted molar refractivity (Wildman–Crippen MR) is 89.9 cm³/mol. The molecule has 0 unspecified atom stereocenters. The van der Waals surface area contributed by atoms with E-state index in [0.717, 1.165) is 5.69 Å². The fourth-order valence-corrected chi connectivity index (χ4v) is 4.06. The van der Waals surface area contributed by atoms with Crippen molar-refractivity contribution in [3.05, 3.63) is 30.3 Å². The van der Waals surface area contributed by atoms with Crippen LogP contribution in [0.3, 0.4) is 0 Å². The van der Waals surface area contributed by atoms with Crippen LogP contribution in [0, 0.1) is 5.92 Å². The summed E-state index contributed by atoms with van der Waals surface area (Å²) in [5.74, 6) is -0.466. The monoisotopic (exact) mass is 351 g/mol. The normalized spacial score (nSPS) is 22.9. The van der Waals surface area contributed by atoms with E-state index in [-0.39, 0.29) is 24.2 Å². The van der Waals surface area contributed by atoms with Crippen LogP contribution >= 0.6 is 0 Å². The molecule has 0 saturated carbocycles. The van der Waals surface area contributed by atoms with E-state index in [2.05, 4.69) is 0 Å². The minimum Gasteiger partial charge on any atom is -0.340 e. The fraction of sp³-hybridized carbons (Fsp3) is 0.500. The van der Waals surface area contributed by atoms with Crippen molar-refractivity contribution in [2.45, 2.75) is 6.42 Å². The standard InChI is InChI=1S/C16H21N3O4S/c1-24(22,23)18-9-7-17(8-10-18)16(21)13-11-15(20)19(12-13)14-5-3-2-4-6-14/h2-6,13H,7-12H2,1H3/t13-/m0/s1. The van der Waals surface area contributed by atoms with E-state index in [1.165, 1.54) is 10.6 Å². The summed E-state index contributed by atoms with van der Waals surface area (Å²) in [6, 6.07) is 9.32. The Bertz CT molecular complexity index is 727. The predicted octanol–water partition coefficient (Wildman–Crippen LogP) is 0.143. The molecule has 2 amide bonds. The smallest absolute Gasteiger partial charge is 0.228 e. The summed E-state index contributed by atoms with van der Waals surface area (Å²) in [4.78, 5) is 28.2. The van der Waals surface area contributed by atoms with Gasteiger partial charge in [0.2, 0.25) is 21.8 Å². The molecule has 2 aliphatic rings. The van der Waals surface area contributed by atoms with Crippen LogP contribution in [-0.4, -0.2) is 68.4 Å². The number of hydrogen-bond acceptors (Lipinski definition) is 4. The van der Waals surface area contributed by atoms with Gasteiger partial charge in [-0.15, -0.1) is 0 Å². The summed E-state index contributed by atoms with van der Waals surface area (Å²) in [5, 5.41) is 0. The average molecular weight is 351 g/mol. The lowest BCUT2D eigenvalue weighted by Crippen LogP contribution is -2.51. The number of carbonyl (C=O) groups excluding carboxylic acids is 2. The second-order valence-electron chi connectivity index (χ2n) is 6.23. The molecule has 2 aliphatic heterocycles. The summed E-state index contributed by atoms with van der Waals surface area (Å²) in [7, 11) is -3.21. The van der Waals surface area contributed by atoms with Gasteiger partial charge < -0.3 is 9.80 Å². The molecule has 0 aromatic heterocycles. The SMILES string of the molecule is CS(=O)(=O)N1CCN(C(=O)[C@H]2CC(=O)N(c3ccccc3)C2)CC1. The maximum atomic E-state index is 12.7. The molecule has 2 heterocycles. The lowest BCUT2D eigenvalue weighted by molar-refractivity contribution is -0.136. The van der Waals surface area contributed by atoms with Crippen molar-refractivity contribution in [3.8, 4) is 0 Å². The number of amides is 2. The highest BCUT2D eigenvalue weighted by molar-refractivity contribution is 7.88. The lowest BCUT2D eigenvalue weighted by atomic mass is 10.1. The molecule has 24 heavy (non-hydrogen) atoms. The van der Waals surface area contributed by atoms with E-state index in [9.17, 15) is 18.0 Å². The Balaban J connectivity index is 1.62. The third-order valence-corrected chi connectivity index (χ3v) is 5.86. The third kappa shape index (κ3) is 3.44. The first-order valence-corrected chi connectivity index (χ1v) is 9.80. The Morgan fingerprint density at radius 3 is 2.29 bits per heavy atom. The fourth-order valence-electron chi connectivity index (χ4n) is 3.23. The van der Waals surface area contributed by atoms with Crippen molar-refractivity contribution in [2.24, 2.45) is 5.92 Å². The molecule has 130 valence electrons. The number of anilines is 1. The highest BCUT2D eigenvalue weighted by Crippen LogP contribution is 2.26. The molecule has 0 radical (unpaired) electrons. The topological polar surface area (TPSA) is 78.0 Å². The van der Waals surface area contributed by atoms with Crippen LogP contribution in [0.5, 0.6) is 0 Å². The molecule has 0 spiro atoms. The van der Waals surface area contributed by atoms with Crippen LogP contribution in [0.1, 0.15) is 6.42 Å². The van der Waals surface area contributed by atoms with Gasteiger partial charge in [-0.1, -0.05) is 18.2 Å². The maximum Gasteiger partial charge on any atom is 0.228 e. The Hall–Kier alpha value is -1.93.